The standard InChI is InChI=1S/C44H50N2.2ClH/c1-29-11-8-9-14-44(29)46(28-38-12-10-13-39(26-38)40-21-30(2)34(6)31(3)22-40)42-17-15-36(16-18-42)25-37-19-20-45-43(27-37)41-23-32(4)35(7)33(5)24-41;;/h8-14,19-24,26-27,36,42H,15-18,25,28H2,1-7H3;2*1H. The number of aromatic nitrogens is 1. The molecule has 5 aromatic rings. The van der Waals surface area contributed by atoms with Gasteiger partial charge >= 0.3 is 0 Å². The SMILES string of the molecule is Cc1ccccc1N(Cc1cccc(-c2cc(C)c(C)c(C)c2)c1)C1CCC(Cc2ccnc(-c3cc(C)c(C)c(C)c3)c2)CC1.Cl.Cl. The van der Waals surface area contributed by atoms with Gasteiger partial charge in [-0.2, -0.15) is 0 Å². The maximum Gasteiger partial charge on any atom is 0.0704 e. The van der Waals surface area contributed by atoms with Crippen LogP contribution in [0.5, 0.6) is 0 Å². The first-order valence-corrected chi connectivity index (χ1v) is 17.2. The number of para-hydroxylation sites is 1. The van der Waals surface area contributed by atoms with Gasteiger partial charge in [-0.25, -0.2) is 0 Å². The summed E-state index contributed by atoms with van der Waals surface area (Å²) in [5.41, 5.74) is 18.7. The van der Waals surface area contributed by atoms with Gasteiger partial charge in [-0.05, 0) is 184 Å². The van der Waals surface area contributed by atoms with Gasteiger partial charge in [-0.1, -0.05) is 48.5 Å². The Balaban J connectivity index is 0.00000260. The summed E-state index contributed by atoms with van der Waals surface area (Å²) in [7, 11) is 0. The molecular weight excluding hydrogens is 627 g/mol. The molecule has 0 bridgehead atoms. The zero-order chi connectivity index (χ0) is 32.4. The Morgan fingerprint density at radius 1 is 0.562 bits per heavy atom. The average molecular weight is 680 g/mol. The second-order valence-corrected chi connectivity index (χ2v) is 14.0. The molecule has 0 N–H and O–H groups in total. The normalized spacial score (nSPS) is 15.7. The van der Waals surface area contributed by atoms with Crippen molar-refractivity contribution in [2.24, 2.45) is 5.92 Å². The van der Waals surface area contributed by atoms with Crippen LogP contribution < -0.4 is 4.90 Å². The van der Waals surface area contributed by atoms with Crippen LogP contribution in [0.25, 0.3) is 22.4 Å². The molecule has 48 heavy (non-hydrogen) atoms. The van der Waals surface area contributed by atoms with Gasteiger partial charge in [0.15, 0.2) is 0 Å². The van der Waals surface area contributed by atoms with Crippen molar-refractivity contribution in [3.05, 3.63) is 141 Å². The number of pyridine rings is 1. The van der Waals surface area contributed by atoms with Crippen molar-refractivity contribution in [1.29, 1.82) is 0 Å². The van der Waals surface area contributed by atoms with E-state index >= 15 is 0 Å². The van der Waals surface area contributed by atoms with Crippen molar-refractivity contribution in [2.45, 2.75) is 93.2 Å². The van der Waals surface area contributed by atoms with Crippen LogP contribution in [0.4, 0.5) is 5.69 Å². The Morgan fingerprint density at radius 3 is 1.79 bits per heavy atom. The molecule has 1 saturated carbocycles. The first-order chi connectivity index (χ1) is 22.2. The van der Waals surface area contributed by atoms with Gasteiger partial charge in [0.1, 0.15) is 0 Å². The van der Waals surface area contributed by atoms with Gasteiger partial charge < -0.3 is 4.90 Å². The molecule has 0 radical (unpaired) electrons. The summed E-state index contributed by atoms with van der Waals surface area (Å²) < 4.78 is 0. The summed E-state index contributed by atoms with van der Waals surface area (Å²) in [6.07, 6.45) is 8.11. The van der Waals surface area contributed by atoms with E-state index in [9.17, 15) is 0 Å². The fourth-order valence-electron chi connectivity index (χ4n) is 7.48. The minimum absolute atomic E-state index is 0. The minimum atomic E-state index is 0. The molecule has 4 aromatic carbocycles. The Hall–Kier alpha value is -3.59. The minimum Gasteiger partial charge on any atom is -0.364 e. The second kappa shape index (κ2) is 16.2. The summed E-state index contributed by atoms with van der Waals surface area (Å²) in [6, 6.07) is 32.6. The number of halogens is 2. The third kappa shape index (κ3) is 8.33. The number of hydrogen-bond donors (Lipinski definition) is 0. The lowest BCUT2D eigenvalue weighted by Crippen LogP contribution is -2.38. The van der Waals surface area contributed by atoms with Crippen molar-refractivity contribution >= 4 is 30.5 Å². The Morgan fingerprint density at radius 2 is 1.17 bits per heavy atom. The van der Waals surface area contributed by atoms with Gasteiger partial charge in [0.25, 0.3) is 0 Å². The lowest BCUT2D eigenvalue weighted by molar-refractivity contribution is 0.312. The van der Waals surface area contributed by atoms with Crippen LogP contribution >= 0.6 is 24.8 Å². The van der Waals surface area contributed by atoms with Crippen LogP contribution in [-0.2, 0) is 13.0 Å². The van der Waals surface area contributed by atoms with Gasteiger partial charge in [0, 0.05) is 30.0 Å². The third-order valence-corrected chi connectivity index (χ3v) is 10.8. The smallest absolute Gasteiger partial charge is 0.0704 e. The highest BCUT2D eigenvalue weighted by atomic mass is 35.5. The Labute approximate surface area is 301 Å². The van der Waals surface area contributed by atoms with E-state index in [2.05, 4.69) is 138 Å². The molecule has 1 aliphatic rings. The van der Waals surface area contributed by atoms with Crippen molar-refractivity contribution in [3.8, 4) is 22.4 Å². The maximum absolute atomic E-state index is 4.76. The zero-order valence-electron chi connectivity index (χ0n) is 29.8. The van der Waals surface area contributed by atoms with Crippen LogP contribution in [0.3, 0.4) is 0 Å². The molecule has 0 atom stereocenters. The maximum atomic E-state index is 4.76. The molecule has 1 aliphatic carbocycles. The summed E-state index contributed by atoms with van der Waals surface area (Å²) in [5, 5.41) is 0. The zero-order valence-corrected chi connectivity index (χ0v) is 31.4. The van der Waals surface area contributed by atoms with Crippen LogP contribution in [0.2, 0.25) is 0 Å². The molecule has 1 aromatic heterocycles. The molecule has 0 spiro atoms. The number of rotatable bonds is 8. The summed E-state index contributed by atoms with van der Waals surface area (Å²) >= 11 is 0. The molecule has 0 amide bonds. The van der Waals surface area contributed by atoms with Crippen molar-refractivity contribution < 1.29 is 0 Å². The van der Waals surface area contributed by atoms with Crippen molar-refractivity contribution in [2.75, 3.05) is 4.90 Å². The highest BCUT2D eigenvalue weighted by molar-refractivity contribution is 5.85. The number of nitrogens with zero attached hydrogens (tertiary/aromatic N) is 2. The van der Waals surface area contributed by atoms with E-state index in [1.165, 1.54) is 98.1 Å². The number of hydrogen-bond acceptors (Lipinski definition) is 2. The molecular formula is C44H52Cl2N2. The van der Waals surface area contributed by atoms with Crippen LogP contribution in [0, 0.1) is 54.4 Å². The molecule has 1 fully saturated rings. The van der Waals surface area contributed by atoms with Crippen molar-refractivity contribution in [1.82, 2.24) is 4.98 Å². The third-order valence-electron chi connectivity index (χ3n) is 10.8. The van der Waals surface area contributed by atoms with Gasteiger partial charge in [-0.3, -0.25) is 4.98 Å². The molecule has 252 valence electrons. The topological polar surface area (TPSA) is 16.1 Å². The van der Waals surface area contributed by atoms with E-state index in [4.69, 9.17) is 4.98 Å². The number of anilines is 1. The average Bonchev–Trinajstić information content (AvgIpc) is 3.05. The molecule has 4 heteroatoms. The van der Waals surface area contributed by atoms with E-state index in [0.717, 1.165) is 18.7 Å². The summed E-state index contributed by atoms with van der Waals surface area (Å²) in [6.45, 7) is 16.5. The first kappa shape index (κ1) is 37.2. The first-order valence-electron chi connectivity index (χ1n) is 17.2. The molecule has 0 aliphatic heterocycles. The highest BCUT2D eigenvalue weighted by Gasteiger charge is 2.27. The van der Waals surface area contributed by atoms with Gasteiger partial charge in [0.2, 0.25) is 0 Å². The monoisotopic (exact) mass is 678 g/mol. The Bertz CT molecular complexity index is 1810. The molecule has 1 heterocycles. The molecule has 6 rings (SSSR count). The van der Waals surface area contributed by atoms with Gasteiger partial charge in [-0.15, -0.1) is 24.8 Å². The lowest BCUT2D eigenvalue weighted by atomic mass is 9.81. The Kier molecular flexibility index (Phi) is 12.6. The molecule has 2 nitrogen and oxygen atoms in total. The van der Waals surface area contributed by atoms with Gasteiger partial charge in [0.05, 0.1) is 5.69 Å². The van der Waals surface area contributed by atoms with Crippen LogP contribution in [-0.4, -0.2) is 11.0 Å². The van der Waals surface area contributed by atoms with E-state index in [1.54, 1.807) is 0 Å². The van der Waals surface area contributed by atoms with Crippen molar-refractivity contribution in [3.63, 3.8) is 0 Å². The van der Waals surface area contributed by atoms with E-state index in [1.807, 2.05) is 6.20 Å². The number of aryl methyl sites for hydroxylation is 5. The van der Waals surface area contributed by atoms with E-state index in [-0.39, 0.29) is 24.8 Å². The molecule has 0 unspecified atom stereocenters. The fourth-order valence-corrected chi connectivity index (χ4v) is 7.48. The molecule has 0 saturated heterocycles. The summed E-state index contributed by atoms with van der Waals surface area (Å²) in [4.78, 5) is 7.47. The number of benzene rings is 4. The predicted octanol–water partition coefficient (Wildman–Crippen LogP) is 12.2. The van der Waals surface area contributed by atoms with E-state index in [0.29, 0.717) is 12.0 Å². The summed E-state index contributed by atoms with van der Waals surface area (Å²) in [5.74, 6) is 0.711. The fraction of sp³-hybridized carbons (Fsp3) is 0.341. The quantitative estimate of drug-likeness (QED) is 0.162. The van der Waals surface area contributed by atoms with Crippen LogP contribution in [0.1, 0.15) is 75.8 Å². The van der Waals surface area contributed by atoms with Crippen LogP contribution in [0.15, 0.2) is 91.1 Å². The predicted molar refractivity (Wildman–Crippen MR) is 211 cm³/mol. The second-order valence-electron chi connectivity index (χ2n) is 14.0. The lowest BCUT2D eigenvalue weighted by Gasteiger charge is -2.39. The van der Waals surface area contributed by atoms with E-state index < -0.39 is 0 Å². The largest absolute Gasteiger partial charge is 0.364 e. The highest BCUT2D eigenvalue weighted by Crippen LogP contribution is 2.36.